The Hall–Kier alpha value is -0.200. The van der Waals surface area contributed by atoms with E-state index in [9.17, 15) is 0 Å². The van der Waals surface area contributed by atoms with Crippen LogP contribution in [0.4, 0.5) is 0 Å². The van der Waals surface area contributed by atoms with Crippen LogP contribution in [0.5, 0.6) is 0 Å². The van der Waals surface area contributed by atoms with Crippen molar-refractivity contribution >= 4 is 11.8 Å². The van der Waals surface area contributed by atoms with Crippen LogP contribution in [0.2, 0.25) is 0 Å². The molecule has 12 heavy (non-hydrogen) atoms. The SMILES string of the molecule is CSC1(CNC(C)C#N)CCC1. The third-order valence-electron chi connectivity index (χ3n) is 2.62. The van der Waals surface area contributed by atoms with Gasteiger partial charge in [0.1, 0.15) is 0 Å². The number of hydrogen-bond donors (Lipinski definition) is 1. The van der Waals surface area contributed by atoms with Crippen LogP contribution < -0.4 is 5.32 Å². The molecule has 3 heteroatoms. The fraction of sp³-hybridized carbons (Fsp3) is 0.889. The standard InChI is InChI=1S/C9H16N2S/c1-8(6-10)11-7-9(12-2)4-3-5-9/h8,11H,3-5,7H2,1-2H3. The quantitative estimate of drug-likeness (QED) is 0.723. The van der Waals surface area contributed by atoms with E-state index in [0.29, 0.717) is 4.75 Å². The highest BCUT2D eigenvalue weighted by Gasteiger charge is 2.35. The molecule has 0 spiro atoms. The molecule has 1 unspecified atom stereocenters. The predicted octanol–water partition coefficient (Wildman–Crippen LogP) is 1.77. The average Bonchev–Trinajstić information content (AvgIpc) is 2.03. The minimum Gasteiger partial charge on any atom is -0.301 e. The number of rotatable bonds is 4. The van der Waals surface area contributed by atoms with E-state index in [4.69, 9.17) is 5.26 Å². The molecule has 0 aliphatic heterocycles. The van der Waals surface area contributed by atoms with Crippen molar-refractivity contribution in [2.75, 3.05) is 12.8 Å². The minimum absolute atomic E-state index is 0.00498. The van der Waals surface area contributed by atoms with Gasteiger partial charge in [-0.15, -0.1) is 0 Å². The van der Waals surface area contributed by atoms with Crippen LogP contribution in [0.3, 0.4) is 0 Å². The highest BCUT2D eigenvalue weighted by molar-refractivity contribution is 8.00. The lowest BCUT2D eigenvalue weighted by Crippen LogP contribution is -2.45. The Kier molecular flexibility index (Phi) is 3.42. The first-order valence-electron chi connectivity index (χ1n) is 4.40. The van der Waals surface area contributed by atoms with E-state index in [1.165, 1.54) is 19.3 Å². The van der Waals surface area contributed by atoms with Crippen LogP contribution in [0.25, 0.3) is 0 Å². The molecule has 2 nitrogen and oxygen atoms in total. The van der Waals surface area contributed by atoms with Crippen molar-refractivity contribution < 1.29 is 0 Å². The fourth-order valence-corrected chi connectivity index (χ4v) is 2.33. The summed E-state index contributed by atoms with van der Waals surface area (Å²) in [7, 11) is 0. The zero-order valence-electron chi connectivity index (χ0n) is 7.76. The number of nitrogens with zero attached hydrogens (tertiary/aromatic N) is 1. The van der Waals surface area contributed by atoms with Gasteiger partial charge in [-0.2, -0.15) is 17.0 Å². The van der Waals surface area contributed by atoms with Gasteiger partial charge in [0.15, 0.2) is 0 Å². The van der Waals surface area contributed by atoms with Gasteiger partial charge in [-0.1, -0.05) is 6.42 Å². The summed E-state index contributed by atoms with van der Waals surface area (Å²) >= 11 is 1.94. The summed E-state index contributed by atoms with van der Waals surface area (Å²) in [5.41, 5.74) is 0. The Morgan fingerprint density at radius 2 is 2.33 bits per heavy atom. The lowest BCUT2D eigenvalue weighted by Gasteiger charge is -2.40. The Balaban J connectivity index is 2.25. The van der Waals surface area contributed by atoms with Crippen molar-refractivity contribution in [1.29, 1.82) is 5.26 Å². The van der Waals surface area contributed by atoms with E-state index < -0.39 is 0 Å². The van der Waals surface area contributed by atoms with Crippen LogP contribution >= 0.6 is 11.8 Å². The first-order valence-corrected chi connectivity index (χ1v) is 5.63. The van der Waals surface area contributed by atoms with Crippen molar-refractivity contribution in [1.82, 2.24) is 5.32 Å². The molecule has 1 rings (SSSR count). The molecule has 1 N–H and O–H groups in total. The third-order valence-corrected chi connectivity index (χ3v) is 4.04. The number of hydrogen-bond acceptors (Lipinski definition) is 3. The minimum atomic E-state index is -0.00498. The van der Waals surface area contributed by atoms with Crippen molar-refractivity contribution in [3.05, 3.63) is 0 Å². The maximum absolute atomic E-state index is 8.58. The third kappa shape index (κ3) is 2.15. The topological polar surface area (TPSA) is 35.8 Å². The lowest BCUT2D eigenvalue weighted by atomic mass is 9.84. The molecule has 1 aliphatic rings. The molecular weight excluding hydrogens is 168 g/mol. The van der Waals surface area contributed by atoms with Crippen molar-refractivity contribution in [2.24, 2.45) is 0 Å². The molecule has 0 aromatic carbocycles. The zero-order chi connectivity index (χ0) is 9.03. The van der Waals surface area contributed by atoms with Crippen LogP contribution in [0.1, 0.15) is 26.2 Å². The second kappa shape index (κ2) is 4.15. The number of nitrogens with one attached hydrogen (secondary N) is 1. The van der Waals surface area contributed by atoms with Crippen molar-refractivity contribution in [3.63, 3.8) is 0 Å². The van der Waals surface area contributed by atoms with Crippen LogP contribution in [-0.4, -0.2) is 23.6 Å². The molecule has 0 aromatic heterocycles. The summed E-state index contributed by atoms with van der Waals surface area (Å²) in [4.78, 5) is 0. The maximum Gasteiger partial charge on any atom is 0.0924 e. The maximum atomic E-state index is 8.58. The molecule has 0 saturated heterocycles. The summed E-state index contributed by atoms with van der Waals surface area (Å²) in [6.07, 6.45) is 6.12. The van der Waals surface area contributed by atoms with Gasteiger partial charge >= 0.3 is 0 Å². The van der Waals surface area contributed by atoms with E-state index in [-0.39, 0.29) is 6.04 Å². The van der Waals surface area contributed by atoms with E-state index in [2.05, 4.69) is 17.6 Å². The van der Waals surface area contributed by atoms with Gasteiger partial charge in [0, 0.05) is 11.3 Å². The Bertz CT molecular complexity index is 176. The van der Waals surface area contributed by atoms with Crippen molar-refractivity contribution in [3.8, 4) is 6.07 Å². The van der Waals surface area contributed by atoms with E-state index >= 15 is 0 Å². The number of nitriles is 1. The number of thioether (sulfide) groups is 1. The summed E-state index contributed by atoms with van der Waals surface area (Å²) in [5, 5.41) is 11.8. The first-order chi connectivity index (χ1) is 5.72. The van der Waals surface area contributed by atoms with Gasteiger partial charge in [-0.05, 0) is 26.0 Å². The second-order valence-corrected chi connectivity index (χ2v) is 4.75. The highest BCUT2D eigenvalue weighted by Crippen LogP contribution is 2.42. The van der Waals surface area contributed by atoms with E-state index in [1.54, 1.807) is 0 Å². The molecular formula is C9H16N2S. The summed E-state index contributed by atoms with van der Waals surface area (Å²) in [6, 6.07) is 2.18. The van der Waals surface area contributed by atoms with Gasteiger partial charge in [0.25, 0.3) is 0 Å². The Morgan fingerprint density at radius 3 is 2.67 bits per heavy atom. The molecule has 0 amide bonds. The summed E-state index contributed by atoms with van der Waals surface area (Å²) in [5.74, 6) is 0. The predicted molar refractivity (Wildman–Crippen MR) is 53.2 cm³/mol. The molecule has 68 valence electrons. The highest BCUT2D eigenvalue weighted by atomic mass is 32.2. The normalized spacial score (nSPS) is 22.4. The van der Waals surface area contributed by atoms with Gasteiger partial charge in [0.05, 0.1) is 12.1 Å². The lowest BCUT2D eigenvalue weighted by molar-refractivity contribution is 0.342. The van der Waals surface area contributed by atoms with Crippen LogP contribution in [0.15, 0.2) is 0 Å². The molecule has 0 aromatic rings. The molecule has 0 bridgehead atoms. The Labute approximate surface area is 78.7 Å². The largest absolute Gasteiger partial charge is 0.301 e. The fourth-order valence-electron chi connectivity index (χ4n) is 1.41. The zero-order valence-corrected chi connectivity index (χ0v) is 8.58. The molecule has 1 atom stereocenters. The van der Waals surface area contributed by atoms with Crippen LogP contribution in [-0.2, 0) is 0 Å². The molecule has 0 radical (unpaired) electrons. The average molecular weight is 184 g/mol. The molecule has 1 saturated carbocycles. The summed E-state index contributed by atoms with van der Waals surface area (Å²) in [6.45, 7) is 2.90. The van der Waals surface area contributed by atoms with Crippen molar-refractivity contribution in [2.45, 2.75) is 37.0 Å². The Morgan fingerprint density at radius 1 is 1.67 bits per heavy atom. The molecule has 1 fully saturated rings. The second-order valence-electron chi connectivity index (χ2n) is 3.47. The van der Waals surface area contributed by atoms with Gasteiger partial charge in [0.2, 0.25) is 0 Å². The smallest absolute Gasteiger partial charge is 0.0924 e. The van der Waals surface area contributed by atoms with Gasteiger partial charge < -0.3 is 5.32 Å². The molecule has 1 aliphatic carbocycles. The van der Waals surface area contributed by atoms with E-state index in [0.717, 1.165) is 6.54 Å². The van der Waals surface area contributed by atoms with E-state index in [1.807, 2.05) is 18.7 Å². The van der Waals surface area contributed by atoms with Crippen LogP contribution in [0, 0.1) is 11.3 Å². The summed E-state index contributed by atoms with van der Waals surface area (Å²) < 4.78 is 0.450. The molecule has 0 heterocycles. The monoisotopic (exact) mass is 184 g/mol. The van der Waals surface area contributed by atoms with Gasteiger partial charge in [-0.3, -0.25) is 0 Å². The first kappa shape index (κ1) is 9.88. The van der Waals surface area contributed by atoms with Gasteiger partial charge in [-0.25, -0.2) is 0 Å².